The van der Waals surface area contributed by atoms with Crippen molar-refractivity contribution in [2.24, 2.45) is 5.92 Å². The number of anilines is 1. The number of carboxylic acids is 1. The zero-order valence-corrected chi connectivity index (χ0v) is 10.3. The molecule has 1 aromatic heterocycles. The predicted molar refractivity (Wildman–Crippen MR) is 65.6 cm³/mol. The summed E-state index contributed by atoms with van der Waals surface area (Å²) in [6.45, 7) is 3.71. The second-order valence-corrected chi connectivity index (χ2v) is 4.49. The Morgan fingerprint density at radius 3 is 2.72 bits per heavy atom. The highest BCUT2D eigenvalue weighted by molar-refractivity contribution is 5.85. The van der Waals surface area contributed by atoms with Gasteiger partial charge in [-0.25, -0.2) is 4.79 Å². The van der Waals surface area contributed by atoms with Gasteiger partial charge in [-0.05, 0) is 37.8 Å². The fourth-order valence-corrected chi connectivity index (χ4v) is 2.09. The molecule has 0 aromatic carbocycles. The first-order valence-corrected chi connectivity index (χ1v) is 6.08. The first kappa shape index (κ1) is 12.8. The van der Waals surface area contributed by atoms with Crippen LogP contribution in [0, 0.1) is 5.92 Å². The molecular weight excluding hydrogens is 234 g/mol. The van der Waals surface area contributed by atoms with Crippen LogP contribution in [-0.2, 0) is 4.74 Å². The van der Waals surface area contributed by atoms with Crippen molar-refractivity contribution in [3.05, 3.63) is 17.8 Å². The smallest absolute Gasteiger partial charge is 0.356 e. The van der Waals surface area contributed by atoms with Gasteiger partial charge < -0.3 is 15.2 Å². The van der Waals surface area contributed by atoms with Crippen LogP contribution in [-0.4, -0.2) is 40.5 Å². The number of nitrogens with one attached hydrogen (secondary N) is 1. The lowest BCUT2D eigenvalue weighted by molar-refractivity contribution is 0.0621. The average Bonchev–Trinajstić information content (AvgIpc) is 2.40. The largest absolute Gasteiger partial charge is 0.476 e. The topological polar surface area (TPSA) is 84.3 Å². The molecule has 0 spiro atoms. The second kappa shape index (κ2) is 5.77. The van der Waals surface area contributed by atoms with E-state index in [-0.39, 0.29) is 11.7 Å². The van der Waals surface area contributed by atoms with E-state index in [0.29, 0.717) is 11.7 Å². The highest BCUT2D eigenvalue weighted by Gasteiger charge is 2.20. The van der Waals surface area contributed by atoms with Crippen molar-refractivity contribution in [2.75, 3.05) is 18.5 Å². The molecule has 2 N–H and O–H groups in total. The van der Waals surface area contributed by atoms with Crippen molar-refractivity contribution >= 4 is 11.8 Å². The zero-order chi connectivity index (χ0) is 13.0. The van der Waals surface area contributed by atoms with E-state index in [1.54, 1.807) is 6.07 Å². The molecule has 6 nitrogen and oxygen atoms in total. The van der Waals surface area contributed by atoms with E-state index >= 15 is 0 Å². The van der Waals surface area contributed by atoms with Gasteiger partial charge in [-0.1, -0.05) is 0 Å². The second-order valence-electron chi connectivity index (χ2n) is 4.49. The number of carbonyl (C=O) groups is 1. The monoisotopic (exact) mass is 251 g/mol. The highest BCUT2D eigenvalue weighted by atomic mass is 16.5. The lowest BCUT2D eigenvalue weighted by Gasteiger charge is -2.28. The number of carboxylic acid groups (broad SMARTS) is 1. The number of rotatable bonds is 4. The van der Waals surface area contributed by atoms with Crippen LogP contribution in [0.3, 0.4) is 0 Å². The molecule has 2 heterocycles. The highest BCUT2D eigenvalue weighted by Crippen LogP contribution is 2.20. The first-order valence-electron chi connectivity index (χ1n) is 6.08. The summed E-state index contributed by atoms with van der Waals surface area (Å²) in [4.78, 5) is 10.6. The molecule has 1 fully saturated rings. The summed E-state index contributed by atoms with van der Waals surface area (Å²) in [5.41, 5.74) is -0.0423. The Bertz CT molecular complexity index is 402. The lowest BCUT2D eigenvalue weighted by Crippen LogP contribution is -2.31. The fourth-order valence-electron chi connectivity index (χ4n) is 2.09. The number of hydrogen-bond donors (Lipinski definition) is 2. The van der Waals surface area contributed by atoms with Crippen molar-refractivity contribution in [2.45, 2.75) is 25.8 Å². The number of nitrogens with zero attached hydrogens (tertiary/aromatic N) is 2. The van der Waals surface area contributed by atoms with Gasteiger partial charge in [0.25, 0.3) is 0 Å². The number of ether oxygens (including phenoxy) is 1. The van der Waals surface area contributed by atoms with Gasteiger partial charge in [0.05, 0.1) is 0 Å². The third kappa shape index (κ3) is 3.16. The first-order chi connectivity index (χ1) is 8.66. The zero-order valence-electron chi connectivity index (χ0n) is 10.3. The van der Waals surface area contributed by atoms with Crippen molar-refractivity contribution in [1.29, 1.82) is 0 Å². The van der Waals surface area contributed by atoms with Crippen LogP contribution in [0.2, 0.25) is 0 Å². The molecule has 98 valence electrons. The van der Waals surface area contributed by atoms with Crippen molar-refractivity contribution in [3.63, 3.8) is 0 Å². The maximum Gasteiger partial charge on any atom is 0.356 e. The van der Waals surface area contributed by atoms with Crippen LogP contribution >= 0.6 is 0 Å². The minimum absolute atomic E-state index is 0.0423. The minimum atomic E-state index is -1.06. The molecule has 1 aliphatic heterocycles. The Hall–Kier alpha value is -1.69. The Morgan fingerprint density at radius 2 is 2.17 bits per heavy atom. The standard InChI is InChI=1S/C12H17N3O3/c1-8(9-4-6-18-7-5-9)13-11-3-2-10(12(16)17)14-15-11/h2-3,8-9H,4-7H2,1H3,(H,13,15)(H,16,17). The van der Waals surface area contributed by atoms with Crippen molar-refractivity contribution in [3.8, 4) is 0 Å². The molecule has 1 unspecified atom stereocenters. The molecule has 0 amide bonds. The molecular formula is C12H17N3O3. The van der Waals surface area contributed by atoms with Crippen LogP contribution in [0.1, 0.15) is 30.3 Å². The molecule has 1 saturated heterocycles. The maximum atomic E-state index is 10.6. The normalized spacial score (nSPS) is 18.3. The Labute approximate surface area is 105 Å². The molecule has 1 atom stereocenters. The van der Waals surface area contributed by atoms with Gasteiger partial charge in [-0.3, -0.25) is 0 Å². The molecule has 1 aliphatic rings. The van der Waals surface area contributed by atoms with Crippen molar-refractivity contribution in [1.82, 2.24) is 10.2 Å². The van der Waals surface area contributed by atoms with Crippen LogP contribution < -0.4 is 5.32 Å². The van der Waals surface area contributed by atoms with Gasteiger partial charge in [-0.15, -0.1) is 10.2 Å². The Balaban J connectivity index is 1.93. The Morgan fingerprint density at radius 1 is 1.44 bits per heavy atom. The number of hydrogen-bond acceptors (Lipinski definition) is 5. The van der Waals surface area contributed by atoms with E-state index in [0.717, 1.165) is 26.1 Å². The van der Waals surface area contributed by atoms with Crippen LogP contribution in [0.4, 0.5) is 5.82 Å². The Kier molecular flexibility index (Phi) is 4.09. The summed E-state index contributed by atoms with van der Waals surface area (Å²) in [5.74, 6) is 0.102. The molecule has 0 bridgehead atoms. The van der Waals surface area contributed by atoms with E-state index in [4.69, 9.17) is 9.84 Å². The van der Waals surface area contributed by atoms with E-state index < -0.39 is 5.97 Å². The van der Waals surface area contributed by atoms with Gasteiger partial charge in [0.1, 0.15) is 5.82 Å². The fraction of sp³-hybridized carbons (Fsp3) is 0.583. The van der Waals surface area contributed by atoms with Gasteiger partial charge in [-0.2, -0.15) is 0 Å². The van der Waals surface area contributed by atoms with Crippen LogP contribution in [0.25, 0.3) is 0 Å². The maximum absolute atomic E-state index is 10.6. The number of aromatic carboxylic acids is 1. The lowest BCUT2D eigenvalue weighted by atomic mass is 9.93. The van der Waals surface area contributed by atoms with E-state index in [2.05, 4.69) is 22.4 Å². The molecule has 18 heavy (non-hydrogen) atoms. The quantitative estimate of drug-likeness (QED) is 0.841. The van der Waals surface area contributed by atoms with E-state index in [1.807, 2.05) is 0 Å². The van der Waals surface area contributed by atoms with Gasteiger partial charge in [0.2, 0.25) is 0 Å². The van der Waals surface area contributed by atoms with E-state index in [1.165, 1.54) is 6.07 Å². The summed E-state index contributed by atoms with van der Waals surface area (Å²) in [5, 5.41) is 19.5. The van der Waals surface area contributed by atoms with Crippen molar-refractivity contribution < 1.29 is 14.6 Å². The average molecular weight is 251 g/mol. The predicted octanol–water partition coefficient (Wildman–Crippen LogP) is 1.40. The summed E-state index contributed by atoms with van der Waals surface area (Å²) in [7, 11) is 0. The molecule has 0 aliphatic carbocycles. The minimum Gasteiger partial charge on any atom is -0.476 e. The molecule has 2 rings (SSSR count). The van der Waals surface area contributed by atoms with E-state index in [9.17, 15) is 4.79 Å². The van der Waals surface area contributed by atoms with Gasteiger partial charge in [0.15, 0.2) is 5.69 Å². The number of aromatic nitrogens is 2. The summed E-state index contributed by atoms with van der Waals surface area (Å²) < 4.78 is 5.32. The summed E-state index contributed by atoms with van der Waals surface area (Å²) >= 11 is 0. The molecule has 0 radical (unpaired) electrons. The SMILES string of the molecule is CC(Nc1ccc(C(=O)O)nn1)C1CCOCC1. The summed E-state index contributed by atoms with van der Waals surface area (Å²) in [6.07, 6.45) is 2.07. The third-order valence-corrected chi connectivity index (χ3v) is 3.23. The molecule has 6 heteroatoms. The van der Waals surface area contributed by atoms with Crippen LogP contribution in [0.5, 0.6) is 0 Å². The van der Waals surface area contributed by atoms with Crippen LogP contribution in [0.15, 0.2) is 12.1 Å². The summed E-state index contributed by atoms with van der Waals surface area (Å²) in [6, 6.07) is 3.37. The third-order valence-electron chi connectivity index (χ3n) is 3.23. The van der Waals surface area contributed by atoms with Gasteiger partial charge in [0, 0.05) is 19.3 Å². The molecule has 1 aromatic rings. The van der Waals surface area contributed by atoms with Gasteiger partial charge >= 0.3 is 5.97 Å². The molecule has 0 saturated carbocycles.